The zero-order valence-corrected chi connectivity index (χ0v) is 16.2. The third kappa shape index (κ3) is 4.84. The second kappa shape index (κ2) is 8.51. The van der Waals surface area contributed by atoms with E-state index < -0.39 is 18.5 Å². The number of hydrogen-bond donors (Lipinski definition) is 2. The van der Waals surface area contributed by atoms with E-state index in [0.717, 1.165) is 17.1 Å². The molecule has 0 fully saturated rings. The maximum absolute atomic E-state index is 12.1. The van der Waals surface area contributed by atoms with Gasteiger partial charge in [-0.15, -0.1) is 0 Å². The summed E-state index contributed by atoms with van der Waals surface area (Å²) in [6.45, 7) is 3.09. The van der Waals surface area contributed by atoms with Crippen molar-refractivity contribution < 1.29 is 14.3 Å². The van der Waals surface area contributed by atoms with Gasteiger partial charge in [0.15, 0.2) is 6.61 Å². The number of nitrogens with zero attached hydrogens (tertiary/aromatic N) is 1. The van der Waals surface area contributed by atoms with E-state index in [9.17, 15) is 9.59 Å². The number of carbonyl (C=O) groups excluding carboxylic acids is 2. The lowest BCUT2D eigenvalue weighted by Gasteiger charge is -2.16. The number of amides is 1. The van der Waals surface area contributed by atoms with Gasteiger partial charge in [0.2, 0.25) is 0 Å². The van der Waals surface area contributed by atoms with E-state index in [0.29, 0.717) is 26.3 Å². The van der Waals surface area contributed by atoms with Crippen molar-refractivity contribution in [3.63, 3.8) is 0 Å². The van der Waals surface area contributed by atoms with Crippen LogP contribution in [0.5, 0.6) is 0 Å². The molecule has 1 aromatic heterocycles. The van der Waals surface area contributed by atoms with Gasteiger partial charge < -0.3 is 15.4 Å². The molecule has 0 bridgehead atoms. The van der Waals surface area contributed by atoms with Gasteiger partial charge in [-0.3, -0.25) is 4.79 Å². The number of nitrogens with one attached hydrogen (secondary N) is 2. The van der Waals surface area contributed by atoms with Crippen molar-refractivity contribution >= 4 is 51.6 Å². The summed E-state index contributed by atoms with van der Waals surface area (Å²) in [6.07, 6.45) is 0. The van der Waals surface area contributed by atoms with Gasteiger partial charge in [-0.1, -0.05) is 29.3 Å². The molecule has 25 heavy (non-hydrogen) atoms. The predicted molar refractivity (Wildman–Crippen MR) is 99.7 cm³/mol. The molecule has 2 N–H and O–H groups in total. The Kier molecular flexibility index (Phi) is 6.64. The van der Waals surface area contributed by atoms with E-state index in [2.05, 4.69) is 15.0 Å². The maximum Gasteiger partial charge on any atom is 0.343 e. The summed E-state index contributed by atoms with van der Waals surface area (Å²) >= 11 is 13.1. The topological polar surface area (TPSA) is 80.3 Å². The molecule has 134 valence electrons. The Morgan fingerprint density at radius 1 is 1.36 bits per heavy atom. The lowest BCUT2D eigenvalue weighted by atomic mass is 10.1. The molecule has 9 heteroatoms. The van der Waals surface area contributed by atoms with Gasteiger partial charge in [0.05, 0.1) is 11.7 Å². The molecular weight excluding hydrogens is 385 g/mol. The van der Waals surface area contributed by atoms with Crippen molar-refractivity contribution in [1.29, 1.82) is 0 Å². The summed E-state index contributed by atoms with van der Waals surface area (Å²) in [4.78, 5) is 24.2. The van der Waals surface area contributed by atoms with Crippen molar-refractivity contribution in [1.82, 2.24) is 9.69 Å². The van der Waals surface area contributed by atoms with Crippen LogP contribution in [0.15, 0.2) is 18.2 Å². The van der Waals surface area contributed by atoms with Crippen molar-refractivity contribution in [3.8, 4) is 0 Å². The van der Waals surface area contributed by atoms with Crippen molar-refractivity contribution in [2.45, 2.75) is 19.9 Å². The third-order valence-electron chi connectivity index (χ3n) is 3.43. The lowest BCUT2D eigenvalue weighted by Crippen LogP contribution is -2.31. The van der Waals surface area contributed by atoms with Crippen LogP contribution in [0.25, 0.3) is 0 Å². The average molecular weight is 402 g/mol. The van der Waals surface area contributed by atoms with Gasteiger partial charge in [-0.2, -0.15) is 4.37 Å². The van der Waals surface area contributed by atoms with E-state index in [-0.39, 0.29) is 6.04 Å². The number of benzene rings is 1. The summed E-state index contributed by atoms with van der Waals surface area (Å²) in [5, 5.41) is 7.18. The monoisotopic (exact) mass is 401 g/mol. The first-order valence-electron chi connectivity index (χ1n) is 7.39. The molecule has 2 aromatic rings. The molecule has 0 spiro atoms. The number of esters is 1. The fraction of sp³-hybridized carbons (Fsp3) is 0.312. The fourth-order valence-corrected chi connectivity index (χ4v) is 3.50. The molecule has 1 amide bonds. The Labute approximate surface area is 159 Å². The van der Waals surface area contributed by atoms with Crippen LogP contribution in [0.1, 0.15) is 34.6 Å². The van der Waals surface area contributed by atoms with Crippen LogP contribution in [-0.4, -0.2) is 29.9 Å². The first-order chi connectivity index (χ1) is 11.8. The quantitative estimate of drug-likeness (QED) is 0.718. The molecule has 1 unspecified atom stereocenters. The van der Waals surface area contributed by atoms with Crippen LogP contribution in [0.3, 0.4) is 0 Å². The van der Waals surface area contributed by atoms with Gasteiger partial charge in [-0.25, -0.2) is 4.79 Å². The minimum absolute atomic E-state index is 0.342. The van der Waals surface area contributed by atoms with E-state index in [4.69, 9.17) is 27.9 Å². The number of hydrogen-bond acceptors (Lipinski definition) is 6. The Balaban J connectivity index is 1.94. The van der Waals surface area contributed by atoms with Crippen LogP contribution in [-0.2, 0) is 9.53 Å². The standard InChI is InChI=1S/C16H17Cl2N3O3S/c1-8(11-5-4-10(17)6-12(11)18)20-13(22)7-24-16(23)14-9(2)21-25-15(14)19-3/h4-6,8,19H,7H2,1-3H3,(H,20,22). The minimum Gasteiger partial charge on any atom is -0.452 e. The number of rotatable bonds is 6. The zero-order chi connectivity index (χ0) is 18.6. The Morgan fingerprint density at radius 3 is 2.72 bits per heavy atom. The van der Waals surface area contributed by atoms with Gasteiger partial charge in [0.1, 0.15) is 10.6 Å². The summed E-state index contributed by atoms with van der Waals surface area (Å²) in [5.74, 6) is -1.03. The van der Waals surface area contributed by atoms with Crippen LogP contribution in [0, 0.1) is 6.92 Å². The third-order valence-corrected chi connectivity index (χ3v) is 4.95. The molecule has 0 saturated heterocycles. The summed E-state index contributed by atoms with van der Waals surface area (Å²) in [7, 11) is 1.69. The number of anilines is 1. The highest BCUT2D eigenvalue weighted by molar-refractivity contribution is 7.10. The number of aromatic nitrogens is 1. The molecule has 0 radical (unpaired) electrons. The highest BCUT2D eigenvalue weighted by atomic mass is 35.5. The average Bonchev–Trinajstić information content (AvgIpc) is 2.93. The van der Waals surface area contributed by atoms with E-state index in [1.807, 2.05) is 0 Å². The van der Waals surface area contributed by atoms with Gasteiger partial charge >= 0.3 is 5.97 Å². The van der Waals surface area contributed by atoms with Crippen molar-refractivity contribution in [2.24, 2.45) is 0 Å². The number of carbonyl (C=O) groups is 2. The number of halogens is 2. The SMILES string of the molecule is CNc1snc(C)c1C(=O)OCC(=O)NC(C)c1ccc(Cl)cc1Cl. The second-order valence-corrected chi connectivity index (χ2v) is 6.87. The van der Waals surface area contributed by atoms with Crippen molar-refractivity contribution in [2.75, 3.05) is 19.0 Å². The lowest BCUT2D eigenvalue weighted by molar-refractivity contribution is -0.124. The molecule has 0 aliphatic carbocycles. The van der Waals surface area contributed by atoms with Gasteiger partial charge in [-0.05, 0) is 43.1 Å². The van der Waals surface area contributed by atoms with E-state index in [1.165, 1.54) is 0 Å². The predicted octanol–water partition coefficient (Wildman–Crippen LogP) is 3.83. The van der Waals surface area contributed by atoms with Gasteiger partial charge in [0, 0.05) is 17.1 Å². The summed E-state index contributed by atoms with van der Waals surface area (Å²) in [6, 6.07) is 4.68. The van der Waals surface area contributed by atoms with Crippen LogP contribution < -0.4 is 10.6 Å². The minimum atomic E-state index is -0.595. The van der Waals surface area contributed by atoms with E-state index >= 15 is 0 Å². The normalized spacial score (nSPS) is 11.7. The van der Waals surface area contributed by atoms with Crippen LogP contribution in [0.2, 0.25) is 10.0 Å². The largest absolute Gasteiger partial charge is 0.452 e. The molecule has 0 aliphatic rings. The van der Waals surface area contributed by atoms with Crippen molar-refractivity contribution in [3.05, 3.63) is 45.1 Å². The molecular formula is C16H17Cl2N3O3S. The zero-order valence-electron chi connectivity index (χ0n) is 13.9. The maximum atomic E-state index is 12.1. The number of aryl methyl sites for hydroxylation is 1. The summed E-state index contributed by atoms with van der Waals surface area (Å²) in [5.41, 5.74) is 1.62. The molecule has 0 aliphatic heterocycles. The molecule has 0 saturated carbocycles. The smallest absolute Gasteiger partial charge is 0.343 e. The fourth-order valence-electron chi connectivity index (χ4n) is 2.20. The molecule has 6 nitrogen and oxygen atoms in total. The Hall–Kier alpha value is -1.83. The highest BCUT2D eigenvalue weighted by Gasteiger charge is 2.21. The molecule has 1 atom stereocenters. The number of ether oxygens (including phenoxy) is 1. The van der Waals surface area contributed by atoms with Gasteiger partial charge in [0.25, 0.3) is 5.91 Å². The Bertz CT molecular complexity index is 795. The molecule has 1 heterocycles. The first-order valence-corrected chi connectivity index (χ1v) is 8.91. The Morgan fingerprint density at radius 2 is 2.08 bits per heavy atom. The molecule has 2 rings (SSSR count). The molecule has 1 aromatic carbocycles. The first kappa shape index (κ1) is 19.5. The van der Waals surface area contributed by atoms with Crippen LogP contribution >= 0.6 is 34.7 Å². The van der Waals surface area contributed by atoms with Crippen LogP contribution in [0.4, 0.5) is 5.00 Å². The second-order valence-electron chi connectivity index (χ2n) is 5.25. The highest BCUT2D eigenvalue weighted by Crippen LogP contribution is 2.26. The summed E-state index contributed by atoms with van der Waals surface area (Å²) < 4.78 is 9.17. The van der Waals surface area contributed by atoms with E-state index in [1.54, 1.807) is 39.1 Å².